The number of oxazole rings is 1. The van der Waals surface area contributed by atoms with Crippen LogP contribution in [0.2, 0.25) is 0 Å². The minimum Gasteiger partial charge on any atom is -0.437 e. The van der Waals surface area contributed by atoms with Crippen LogP contribution in [0.25, 0.3) is 0 Å². The second kappa shape index (κ2) is 7.43. The third kappa shape index (κ3) is 3.90. The first-order valence-corrected chi connectivity index (χ1v) is 9.73. The molecule has 2 aromatic rings. The lowest BCUT2D eigenvalue weighted by molar-refractivity contribution is 0.0581. The number of carbonyl (C=O) groups is 1. The number of aromatic nitrogens is 1. The molecule has 0 bridgehead atoms. The number of benzene rings is 1. The van der Waals surface area contributed by atoms with E-state index in [2.05, 4.69) is 23.7 Å². The summed E-state index contributed by atoms with van der Waals surface area (Å²) in [6, 6.07) is 6.84. The van der Waals surface area contributed by atoms with Gasteiger partial charge in [-0.25, -0.2) is 9.37 Å². The highest BCUT2D eigenvalue weighted by Crippen LogP contribution is 2.25. The van der Waals surface area contributed by atoms with E-state index in [0.29, 0.717) is 36.9 Å². The van der Waals surface area contributed by atoms with Gasteiger partial charge in [0.25, 0.3) is 5.89 Å². The Morgan fingerprint density at radius 1 is 1.26 bits per heavy atom. The lowest BCUT2D eigenvalue weighted by Crippen LogP contribution is -2.42. The molecule has 5 nitrogen and oxygen atoms in total. The Labute approximate surface area is 159 Å². The van der Waals surface area contributed by atoms with Crippen molar-refractivity contribution in [2.24, 2.45) is 11.8 Å². The van der Waals surface area contributed by atoms with Gasteiger partial charge in [-0.05, 0) is 24.3 Å². The predicted molar refractivity (Wildman–Crippen MR) is 99.6 cm³/mol. The van der Waals surface area contributed by atoms with Crippen molar-refractivity contribution in [3.05, 3.63) is 53.0 Å². The van der Waals surface area contributed by atoms with Gasteiger partial charge in [0.1, 0.15) is 11.6 Å². The summed E-state index contributed by atoms with van der Waals surface area (Å²) in [5.74, 6) is 1.70. The van der Waals surface area contributed by atoms with Crippen molar-refractivity contribution in [3.63, 3.8) is 0 Å². The summed E-state index contributed by atoms with van der Waals surface area (Å²) in [6.07, 6.45) is 1.84. The van der Waals surface area contributed by atoms with Gasteiger partial charge in [-0.3, -0.25) is 9.69 Å². The first-order chi connectivity index (χ1) is 13.0. The van der Waals surface area contributed by atoms with E-state index in [4.69, 9.17) is 4.42 Å². The van der Waals surface area contributed by atoms with Crippen LogP contribution in [0.5, 0.6) is 0 Å². The minimum absolute atomic E-state index is 0.108. The highest BCUT2D eigenvalue weighted by atomic mass is 19.1. The third-order valence-corrected chi connectivity index (χ3v) is 5.50. The lowest BCUT2D eigenvalue weighted by Gasteiger charge is -2.34. The molecule has 6 heteroatoms. The zero-order valence-electron chi connectivity index (χ0n) is 15.9. The van der Waals surface area contributed by atoms with Gasteiger partial charge in [0.15, 0.2) is 0 Å². The lowest BCUT2D eigenvalue weighted by atomic mass is 9.92. The molecule has 1 saturated heterocycles. The van der Waals surface area contributed by atoms with Crippen LogP contribution in [0.4, 0.5) is 4.39 Å². The van der Waals surface area contributed by atoms with Gasteiger partial charge < -0.3 is 9.32 Å². The second-order valence-corrected chi connectivity index (χ2v) is 8.10. The van der Waals surface area contributed by atoms with Crippen LogP contribution in [-0.4, -0.2) is 40.3 Å². The van der Waals surface area contributed by atoms with Crippen molar-refractivity contribution in [3.8, 4) is 0 Å². The van der Waals surface area contributed by atoms with Gasteiger partial charge in [0, 0.05) is 44.7 Å². The Balaban J connectivity index is 1.45. The number of hydrogen-bond acceptors (Lipinski definition) is 4. The van der Waals surface area contributed by atoms with Crippen molar-refractivity contribution in [2.75, 3.05) is 19.6 Å². The molecule has 2 aliphatic rings. The molecule has 1 amide bonds. The van der Waals surface area contributed by atoms with Gasteiger partial charge in [0.2, 0.25) is 0 Å². The zero-order valence-corrected chi connectivity index (χ0v) is 15.9. The number of halogens is 1. The molecule has 2 atom stereocenters. The molecule has 0 spiro atoms. The van der Waals surface area contributed by atoms with E-state index in [0.717, 1.165) is 37.5 Å². The molecule has 144 valence electrons. The predicted octanol–water partition coefficient (Wildman–Crippen LogP) is 3.49. The maximum Gasteiger partial charge on any atom is 0.309 e. The summed E-state index contributed by atoms with van der Waals surface area (Å²) in [6.45, 7) is 7.75. The number of rotatable bonds is 3. The summed E-state index contributed by atoms with van der Waals surface area (Å²) in [7, 11) is 0. The van der Waals surface area contributed by atoms with Gasteiger partial charge in [-0.1, -0.05) is 32.0 Å². The topological polar surface area (TPSA) is 49.6 Å². The SMILES string of the molecule is C[C@@H]1C[C@H](C)CN(C(=O)c2nc3c(o2)CCN(Cc2ccccc2F)C3)C1. The molecule has 27 heavy (non-hydrogen) atoms. The van der Waals surface area contributed by atoms with Crippen molar-refractivity contribution in [2.45, 2.75) is 39.8 Å². The Bertz CT molecular complexity index is 825. The molecule has 0 aliphatic carbocycles. The molecule has 4 rings (SSSR count). The number of piperidine rings is 1. The maximum absolute atomic E-state index is 13.9. The van der Waals surface area contributed by atoms with E-state index in [1.807, 2.05) is 11.0 Å². The van der Waals surface area contributed by atoms with Crippen molar-refractivity contribution in [1.29, 1.82) is 0 Å². The van der Waals surface area contributed by atoms with Gasteiger partial charge in [-0.2, -0.15) is 0 Å². The van der Waals surface area contributed by atoms with Crippen LogP contribution < -0.4 is 0 Å². The highest BCUT2D eigenvalue weighted by Gasteiger charge is 2.31. The average molecular weight is 371 g/mol. The smallest absolute Gasteiger partial charge is 0.309 e. The summed E-state index contributed by atoms with van der Waals surface area (Å²) in [4.78, 5) is 21.3. The number of carbonyl (C=O) groups excluding carboxylic acids is 1. The van der Waals surface area contributed by atoms with E-state index < -0.39 is 0 Å². The first-order valence-electron chi connectivity index (χ1n) is 9.73. The molecule has 1 aromatic carbocycles. The van der Waals surface area contributed by atoms with Crippen molar-refractivity contribution in [1.82, 2.24) is 14.8 Å². The summed E-state index contributed by atoms with van der Waals surface area (Å²) in [5, 5.41) is 0. The molecular formula is C21H26FN3O2. The van der Waals surface area contributed by atoms with Crippen LogP contribution in [0.3, 0.4) is 0 Å². The Morgan fingerprint density at radius 2 is 2.00 bits per heavy atom. The monoisotopic (exact) mass is 371 g/mol. The van der Waals surface area contributed by atoms with E-state index in [1.54, 1.807) is 12.1 Å². The van der Waals surface area contributed by atoms with Crippen molar-refractivity contribution >= 4 is 5.91 Å². The summed E-state index contributed by atoms with van der Waals surface area (Å²) < 4.78 is 19.7. The molecule has 0 radical (unpaired) electrons. The second-order valence-electron chi connectivity index (χ2n) is 8.10. The van der Waals surface area contributed by atoms with Crippen LogP contribution >= 0.6 is 0 Å². The molecule has 3 heterocycles. The minimum atomic E-state index is -0.187. The number of fused-ring (bicyclic) bond motifs is 1. The van der Waals surface area contributed by atoms with Gasteiger partial charge in [0.05, 0.1) is 5.69 Å². The van der Waals surface area contributed by atoms with Crippen LogP contribution in [0.15, 0.2) is 28.7 Å². The zero-order chi connectivity index (χ0) is 19.0. The summed E-state index contributed by atoms with van der Waals surface area (Å²) >= 11 is 0. The normalized spacial score (nSPS) is 23.3. The third-order valence-electron chi connectivity index (χ3n) is 5.50. The average Bonchev–Trinajstić information content (AvgIpc) is 3.05. The van der Waals surface area contributed by atoms with Crippen LogP contribution in [0.1, 0.15) is 48.0 Å². The summed E-state index contributed by atoms with van der Waals surface area (Å²) in [5.41, 5.74) is 1.48. The molecular weight excluding hydrogens is 345 g/mol. The Morgan fingerprint density at radius 3 is 2.74 bits per heavy atom. The number of nitrogens with zero attached hydrogens (tertiary/aromatic N) is 3. The van der Waals surface area contributed by atoms with Crippen LogP contribution in [0, 0.1) is 17.7 Å². The van der Waals surface area contributed by atoms with Gasteiger partial charge >= 0.3 is 5.91 Å². The number of amides is 1. The largest absolute Gasteiger partial charge is 0.437 e. The fourth-order valence-corrected chi connectivity index (χ4v) is 4.31. The quantitative estimate of drug-likeness (QED) is 0.829. The standard InChI is InChI=1S/C21H26FN3O2/c1-14-9-15(2)11-25(10-14)21(26)20-23-18-13-24(8-7-19(18)27-20)12-16-5-3-4-6-17(16)22/h3-6,14-15H,7-13H2,1-2H3/t14-,15+. The highest BCUT2D eigenvalue weighted by molar-refractivity contribution is 5.89. The first kappa shape index (κ1) is 18.2. The van der Waals surface area contributed by atoms with E-state index >= 15 is 0 Å². The van der Waals surface area contributed by atoms with E-state index in [9.17, 15) is 9.18 Å². The molecule has 1 fully saturated rings. The van der Waals surface area contributed by atoms with Crippen LogP contribution in [-0.2, 0) is 19.5 Å². The number of hydrogen-bond donors (Lipinski definition) is 0. The van der Waals surface area contributed by atoms with E-state index in [1.165, 1.54) is 6.07 Å². The van der Waals surface area contributed by atoms with Crippen molar-refractivity contribution < 1.29 is 13.6 Å². The Hall–Kier alpha value is -2.21. The molecule has 1 aromatic heterocycles. The Kier molecular flexibility index (Phi) is 5.00. The molecule has 0 saturated carbocycles. The molecule has 0 N–H and O–H groups in total. The fourth-order valence-electron chi connectivity index (χ4n) is 4.31. The molecule has 0 unspecified atom stereocenters. The number of likely N-dealkylation sites (tertiary alicyclic amines) is 1. The van der Waals surface area contributed by atoms with Gasteiger partial charge in [-0.15, -0.1) is 0 Å². The molecule has 2 aliphatic heterocycles. The van der Waals surface area contributed by atoms with E-state index in [-0.39, 0.29) is 17.6 Å². The fraction of sp³-hybridized carbons (Fsp3) is 0.524. The maximum atomic E-state index is 13.9.